The largest absolute Gasteiger partial charge is 0.369 e. The van der Waals surface area contributed by atoms with Gasteiger partial charge in [-0.15, -0.1) is 0 Å². The van der Waals surface area contributed by atoms with Crippen molar-refractivity contribution in [1.29, 1.82) is 0 Å². The van der Waals surface area contributed by atoms with Crippen molar-refractivity contribution in [3.8, 4) is 0 Å². The van der Waals surface area contributed by atoms with E-state index in [0.29, 0.717) is 6.04 Å². The Labute approximate surface area is 111 Å². The zero-order valence-electron chi connectivity index (χ0n) is 12.3. The van der Waals surface area contributed by atoms with Gasteiger partial charge in [0.05, 0.1) is 0 Å². The maximum atomic E-state index is 12.4. The third kappa shape index (κ3) is 4.25. The molecule has 0 aliphatic carbocycles. The monoisotopic (exact) mass is 256 g/mol. The Morgan fingerprint density at radius 3 is 2.67 bits per heavy atom. The van der Waals surface area contributed by atoms with Gasteiger partial charge in [-0.3, -0.25) is 4.79 Å². The lowest BCUT2D eigenvalue weighted by atomic mass is 10.0. The Kier molecular flexibility index (Phi) is 6.09. The van der Waals surface area contributed by atoms with E-state index >= 15 is 0 Å². The molecular weight excluding hydrogens is 228 g/mol. The van der Waals surface area contributed by atoms with E-state index in [2.05, 4.69) is 12.2 Å². The zero-order valence-corrected chi connectivity index (χ0v) is 12.3. The Morgan fingerprint density at radius 2 is 2.17 bits per heavy atom. The standard InChI is InChI=1S/C14H28N2O2/c1-5-10-16(13(17)14(2,3)18-4)11-12-8-6-7-9-15-12/h12,15H,5-11H2,1-4H3. The van der Waals surface area contributed by atoms with Gasteiger partial charge in [-0.05, 0) is 39.7 Å². The number of rotatable bonds is 6. The van der Waals surface area contributed by atoms with Crippen molar-refractivity contribution < 1.29 is 9.53 Å². The number of hydrogen-bond acceptors (Lipinski definition) is 3. The fourth-order valence-corrected chi connectivity index (χ4v) is 2.36. The first-order chi connectivity index (χ1) is 8.51. The minimum Gasteiger partial charge on any atom is -0.369 e. The molecule has 1 atom stereocenters. The summed E-state index contributed by atoms with van der Waals surface area (Å²) in [5.41, 5.74) is -0.718. The van der Waals surface area contributed by atoms with Crippen molar-refractivity contribution in [2.75, 3.05) is 26.7 Å². The van der Waals surface area contributed by atoms with Crippen molar-refractivity contribution in [3.05, 3.63) is 0 Å². The fraction of sp³-hybridized carbons (Fsp3) is 0.929. The van der Waals surface area contributed by atoms with Crippen molar-refractivity contribution in [2.45, 2.75) is 58.1 Å². The van der Waals surface area contributed by atoms with Gasteiger partial charge < -0.3 is 15.0 Å². The average molecular weight is 256 g/mol. The summed E-state index contributed by atoms with van der Waals surface area (Å²) in [5.74, 6) is 0.0965. The summed E-state index contributed by atoms with van der Waals surface area (Å²) in [5, 5.41) is 3.50. The summed E-state index contributed by atoms with van der Waals surface area (Å²) in [6, 6.07) is 0.446. The molecule has 1 amide bonds. The second-order valence-electron chi connectivity index (χ2n) is 5.61. The topological polar surface area (TPSA) is 41.6 Å². The van der Waals surface area contributed by atoms with Crippen LogP contribution in [0.5, 0.6) is 0 Å². The summed E-state index contributed by atoms with van der Waals surface area (Å²) >= 11 is 0. The molecule has 1 N–H and O–H groups in total. The van der Waals surface area contributed by atoms with Crippen LogP contribution in [0.4, 0.5) is 0 Å². The lowest BCUT2D eigenvalue weighted by molar-refractivity contribution is -0.151. The van der Waals surface area contributed by atoms with Crippen LogP contribution in [-0.4, -0.2) is 49.2 Å². The first-order valence-electron chi connectivity index (χ1n) is 7.09. The first kappa shape index (κ1) is 15.4. The molecule has 0 bridgehead atoms. The van der Waals surface area contributed by atoms with Gasteiger partial charge in [0.15, 0.2) is 0 Å². The highest BCUT2D eigenvalue weighted by Gasteiger charge is 2.32. The van der Waals surface area contributed by atoms with Crippen LogP contribution in [0.1, 0.15) is 46.5 Å². The number of nitrogens with one attached hydrogen (secondary N) is 1. The maximum Gasteiger partial charge on any atom is 0.254 e. The molecule has 106 valence electrons. The maximum absolute atomic E-state index is 12.4. The summed E-state index contributed by atoms with van der Waals surface area (Å²) in [4.78, 5) is 14.4. The van der Waals surface area contributed by atoms with Gasteiger partial charge in [0, 0.05) is 26.2 Å². The van der Waals surface area contributed by atoms with Crippen LogP contribution < -0.4 is 5.32 Å². The Morgan fingerprint density at radius 1 is 1.44 bits per heavy atom. The number of piperidine rings is 1. The Bertz CT molecular complexity index is 261. The molecular formula is C14H28N2O2. The average Bonchev–Trinajstić information content (AvgIpc) is 2.38. The summed E-state index contributed by atoms with van der Waals surface area (Å²) in [6.45, 7) is 8.47. The molecule has 18 heavy (non-hydrogen) atoms. The lowest BCUT2D eigenvalue weighted by Crippen LogP contribution is -2.52. The van der Waals surface area contributed by atoms with Crippen LogP contribution in [0.3, 0.4) is 0 Å². The molecule has 1 rings (SSSR count). The van der Waals surface area contributed by atoms with Gasteiger partial charge in [-0.2, -0.15) is 0 Å². The predicted molar refractivity (Wildman–Crippen MR) is 73.6 cm³/mol. The van der Waals surface area contributed by atoms with E-state index in [4.69, 9.17) is 4.74 Å². The van der Waals surface area contributed by atoms with Gasteiger partial charge in [0.1, 0.15) is 5.60 Å². The van der Waals surface area contributed by atoms with Crippen LogP contribution in [-0.2, 0) is 9.53 Å². The number of carbonyl (C=O) groups excluding carboxylic acids is 1. The Balaban J connectivity index is 2.60. The van der Waals surface area contributed by atoms with Gasteiger partial charge in [0.2, 0.25) is 0 Å². The van der Waals surface area contributed by atoms with Crippen molar-refractivity contribution in [3.63, 3.8) is 0 Å². The van der Waals surface area contributed by atoms with Crippen molar-refractivity contribution in [1.82, 2.24) is 10.2 Å². The molecule has 1 saturated heterocycles. The number of carbonyl (C=O) groups is 1. The van der Waals surface area contributed by atoms with E-state index in [1.807, 2.05) is 18.7 Å². The van der Waals surface area contributed by atoms with E-state index < -0.39 is 5.60 Å². The molecule has 1 fully saturated rings. The molecule has 1 heterocycles. The van der Waals surface area contributed by atoms with E-state index in [1.165, 1.54) is 19.3 Å². The van der Waals surface area contributed by atoms with Crippen LogP contribution in [0, 0.1) is 0 Å². The minimum absolute atomic E-state index is 0.0965. The predicted octanol–water partition coefficient (Wildman–Crippen LogP) is 1.79. The van der Waals surface area contributed by atoms with Crippen molar-refractivity contribution in [2.24, 2.45) is 0 Å². The molecule has 1 unspecified atom stereocenters. The summed E-state index contributed by atoms with van der Waals surface area (Å²) < 4.78 is 5.30. The van der Waals surface area contributed by atoms with Crippen LogP contribution in [0.25, 0.3) is 0 Å². The Hall–Kier alpha value is -0.610. The lowest BCUT2D eigenvalue weighted by Gasteiger charge is -2.35. The zero-order chi connectivity index (χ0) is 13.6. The van der Waals surface area contributed by atoms with E-state index in [9.17, 15) is 4.79 Å². The molecule has 0 saturated carbocycles. The molecule has 0 radical (unpaired) electrons. The number of nitrogens with zero attached hydrogens (tertiary/aromatic N) is 1. The second-order valence-corrected chi connectivity index (χ2v) is 5.61. The van der Waals surface area contributed by atoms with Gasteiger partial charge >= 0.3 is 0 Å². The van der Waals surface area contributed by atoms with Crippen LogP contribution in [0.2, 0.25) is 0 Å². The molecule has 0 aromatic rings. The number of ether oxygens (including phenoxy) is 1. The third-order valence-electron chi connectivity index (χ3n) is 3.66. The number of amides is 1. The highest BCUT2D eigenvalue weighted by Crippen LogP contribution is 2.15. The molecule has 0 aromatic carbocycles. The highest BCUT2D eigenvalue weighted by atomic mass is 16.5. The highest BCUT2D eigenvalue weighted by molar-refractivity contribution is 5.84. The number of hydrogen-bond donors (Lipinski definition) is 1. The van der Waals surface area contributed by atoms with Crippen LogP contribution >= 0.6 is 0 Å². The SMILES string of the molecule is CCCN(CC1CCCCN1)C(=O)C(C)(C)OC. The van der Waals surface area contributed by atoms with Gasteiger partial charge in [-0.25, -0.2) is 0 Å². The first-order valence-corrected chi connectivity index (χ1v) is 7.09. The molecule has 0 spiro atoms. The number of methoxy groups -OCH3 is 1. The summed E-state index contributed by atoms with van der Waals surface area (Å²) in [6.07, 6.45) is 4.67. The molecule has 1 aliphatic rings. The normalized spacial score (nSPS) is 20.8. The van der Waals surface area contributed by atoms with E-state index in [0.717, 1.165) is 26.1 Å². The second kappa shape index (κ2) is 7.10. The minimum atomic E-state index is -0.718. The quantitative estimate of drug-likeness (QED) is 0.788. The fourth-order valence-electron chi connectivity index (χ4n) is 2.36. The molecule has 0 aromatic heterocycles. The molecule has 1 aliphatic heterocycles. The summed E-state index contributed by atoms with van der Waals surface area (Å²) in [7, 11) is 1.60. The van der Waals surface area contributed by atoms with Crippen molar-refractivity contribution >= 4 is 5.91 Å². The van der Waals surface area contributed by atoms with Gasteiger partial charge in [-0.1, -0.05) is 13.3 Å². The molecule has 4 heteroatoms. The smallest absolute Gasteiger partial charge is 0.254 e. The van der Waals surface area contributed by atoms with E-state index in [1.54, 1.807) is 7.11 Å². The van der Waals surface area contributed by atoms with Crippen LogP contribution in [0.15, 0.2) is 0 Å². The third-order valence-corrected chi connectivity index (χ3v) is 3.66. The van der Waals surface area contributed by atoms with Gasteiger partial charge in [0.25, 0.3) is 5.91 Å². The molecule has 4 nitrogen and oxygen atoms in total. The van der Waals surface area contributed by atoms with E-state index in [-0.39, 0.29) is 5.91 Å².